The Morgan fingerprint density at radius 2 is 2.36 bits per heavy atom. The number of imidazole rings is 1. The van der Waals surface area contributed by atoms with E-state index < -0.39 is 0 Å². The Morgan fingerprint density at radius 1 is 1.55 bits per heavy atom. The van der Waals surface area contributed by atoms with Crippen molar-refractivity contribution in [3.05, 3.63) is 12.4 Å². The van der Waals surface area contributed by atoms with Crippen LogP contribution in [0.15, 0.2) is 12.4 Å². The Morgan fingerprint density at radius 3 is 3.09 bits per heavy atom. The van der Waals surface area contributed by atoms with Gasteiger partial charge in [0.1, 0.15) is 12.6 Å². The molecule has 58 valence electrons. The third kappa shape index (κ3) is 0.658. The van der Waals surface area contributed by atoms with Crippen LogP contribution in [0, 0.1) is 0 Å². The fourth-order valence-electron chi connectivity index (χ4n) is 0.937. The molecule has 0 spiro atoms. The number of nitrogens with zero attached hydrogens (tertiary/aromatic N) is 4. The average Bonchev–Trinajstić information content (AvgIpc) is 2.54. The first kappa shape index (κ1) is 6.02. The summed E-state index contributed by atoms with van der Waals surface area (Å²) in [4.78, 5) is 9.98. The predicted molar refractivity (Wildman–Crippen MR) is 37.9 cm³/mol. The summed E-state index contributed by atoms with van der Waals surface area (Å²) in [6.45, 7) is 0. The minimum Gasteiger partial charge on any atom is -0.386 e. The van der Waals surface area contributed by atoms with Gasteiger partial charge < -0.3 is 10.6 Å². The predicted octanol–water partition coefficient (Wildman–Crippen LogP) is -0.829. The molecule has 11 heavy (non-hydrogen) atoms. The van der Waals surface area contributed by atoms with Gasteiger partial charge in [0.2, 0.25) is 5.95 Å². The van der Waals surface area contributed by atoms with E-state index in [0.29, 0.717) is 5.95 Å². The first-order valence-corrected chi connectivity index (χ1v) is 3.04. The normalized spacial score (nSPS) is 10.6. The van der Waals surface area contributed by atoms with Crippen LogP contribution in [0.4, 0.5) is 5.95 Å². The highest BCUT2D eigenvalue weighted by atomic mass is 16.7. The number of nitrogens with two attached hydrogens (primary N) is 1. The monoisotopic (exact) mass is 153 g/mol. The molecule has 2 rings (SSSR count). The van der Waals surface area contributed by atoms with Crippen molar-refractivity contribution in [1.29, 1.82) is 0 Å². The van der Waals surface area contributed by atoms with Gasteiger partial charge in [0.05, 0.1) is 12.4 Å². The quantitative estimate of drug-likeness (QED) is 0.580. The molecule has 0 aliphatic rings. The second-order valence-electron chi connectivity index (χ2n) is 2.03. The molecule has 0 saturated heterocycles. The van der Waals surface area contributed by atoms with E-state index >= 15 is 0 Å². The van der Waals surface area contributed by atoms with Gasteiger partial charge >= 0.3 is 0 Å². The van der Waals surface area contributed by atoms with Crippen molar-refractivity contribution in [3.8, 4) is 0 Å². The molecule has 0 aliphatic carbocycles. The molecule has 0 radical (unpaired) electrons. The molecule has 0 aliphatic heterocycles. The maximum absolute atomic E-state index is 5.51. The van der Waals surface area contributed by atoms with E-state index in [1.807, 2.05) is 0 Å². The van der Waals surface area contributed by atoms with Gasteiger partial charge in [0.15, 0.2) is 0 Å². The van der Waals surface area contributed by atoms with Crippen LogP contribution in [-0.2, 0) is 0 Å². The first-order chi connectivity index (χ1) is 5.33. The van der Waals surface area contributed by atoms with Crippen molar-refractivity contribution < 1.29 is 4.84 Å². The largest absolute Gasteiger partial charge is 0.386 e. The maximum atomic E-state index is 5.51. The van der Waals surface area contributed by atoms with Gasteiger partial charge in [0.25, 0.3) is 0 Å². The van der Waals surface area contributed by atoms with Crippen molar-refractivity contribution in [1.82, 2.24) is 19.6 Å². The summed E-state index contributed by atoms with van der Waals surface area (Å²) < 4.78 is 1.56. The van der Waals surface area contributed by atoms with E-state index in [-0.39, 0.29) is 0 Å². The lowest BCUT2D eigenvalue weighted by molar-refractivity contribution is 0.0905. The molecule has 0 bridgehead atoms. The maximum Gasteiger partial charge on any atom is 0.224 e. The van der Waals surface area contributed by atoms with Crippen LogP contribution in [0.25, 0.3) is 5.52 Å². The van der Waals surface area contributed by atoms with Crippen molar-refractivity contribution in [2.75, 3.05) is 12.8 Å². The number of hydrogen-bond donors (Lipinski definition) is 1. The molecular weight excluding hydrogens is 146 g/mol. The number of aromatic nitrogens is 4. The Bertz CT molecular complexity index is 375. The first-order valence-electron chi connectivity index (χ1n) is 3.04. The summed E-state index contributed by atoms with van der Waals surface area (Å²) in [5, 5.41) is 3.87. The van der Waals surface area contributed by atoms with E-state index in [1.54, 1.807) is 16.9 Å². The zero-order chi connectivity index (χ0) is 7.84. The molecular formula is C5H7N5O. The van der Waals surface area contributed by atoms with Crippen LogP contribution >= 0.6 is 0 Å². The fourth-order valence-corrected chi connectivity index (χ4v) is 0.937. The summed E-state index contributed by atoms with van der Waals surface area (Å²) in [6.07, 6.45) is 3.24. The molecule has 2 aromatic rings. The van der Waals surface area contributed by atoms with Crippen LogP contribution < -0.4 is 10.6 Å². The minimum atomic E-state index is 0.361. The zero-order valence-corrected chi connectivity index (χ0v) is 5.93. The number of nitrogen functional groups attached to an aromatic ring is 1. The van der Waals surface area contributed by atoms with Gasteiger partial charge in [-0.2, -0.15) is 4.52 Å². The molecule has 0 amide bonds. The summed E-state index contributed by atoms with van der Waals surface area (Å²) in [5.41, 5.74) is 6.32. The van der Waals surface area contributed by atoms with E-state index in [0.717, 1.165) is 5.52 Å². The summed E-state index contributed by atoms with van der Waals surface area (Å²) in [5.74, 6) is 0.361. The summed E-state index contributed by atoms with van der Waals surface area (Å²) in [7, 11) is 1.51. The lowest BCUT2D eigenvalue weighted by atomic mass is 10.7. The lowest BCUT2D eigenvalue weighted by Crippen LogP contribution is -2.15. The van der Waals surface area contributed by atoms with Crippen LogP contribution in [-0.4, -0.2) is 26.7 Å². The van der Waals surface area contributed by atoms with Crippen molar-refractivity contribution in [3.63, 3.8) is 0 Å². The molecule has 2 aromatic heterocycles. The van der Waals surface area contributed by atoms with Crippen molar-refractivity contribution in [2.24, 2.45) is 0 Å². The molecule has 2 N–H and O–H groups in total. The van der Waals surface area contributed by atoms with Gasteiger partial charge in [-0.1, -0.05) is 0 Å². The van der Waals surface area contributed by atoms with Gasteiger partial charge in [-0.15, -0.1) is 5.10 Å². The second-order valence-corrected chi connectivity index (χ2v) is 2.03. The van der Waals surface area contributed by atoms with Gasteiger partial charge in [-0.3, -0.25) is 0 Å². The van der Waals surface area contributed by atoms with Crippen molar-refractivity contribution in [2.45, 2.75) is 0 Å². The van der Waals surface area contributed by atoms with Gasteiger partial charge in [0, 0.05) is 0 Å². The Labute approximate surface area is 62.1 Å². The Hall–Kier alpha value is -1.72. The van der Waals surface area contributed by atoms with E-state index in [9.17, 15) is 0 Å². The molecule has 6 heteroatoms. The minimum absolute atomic E-state index is 0.361. The molecule has 6 nitrogen and oxygen atoms in total. The highest BCUT2D eigenvalue weighted by Crippen LogP contribution is 2.04. The molecule has 0 fully saturated rings. The zero-order valence-electron chi connectivity index (χ0n) is 5.93. The highest BCUT2D eigenvalue weighted by Gasteiger charge is 2.04. The lowest BCUT2D eigenvalue weighted by Gasteiger charge is -1.98. The molecule has 0 atom stereocenters. The molecule has 0 aromatic carbocycles. The number of hydrogen-bond acceptors (Lipinski definition) is 4. The Balaban J connectivity index is 2.80. The van der Waals surface area contributed by atoms with E-state index in [1.165, 1.54) is 12.1 Å². The molecule has 0 unspecified atom stereocenters. The smallest absolute Gasteiger partial charge is 0.224 e. The number of fused-ring (bicyclic) bond motifs is 1. The van der Waals surface area contributed by atoms with Crippen LogP contribution in [0.5, 0.6) is 0 Å². The van der Waals surface area contributed by atoms with Crippen LogP contribution in [0.3, 0.4) is 0 Å². The van der Waals surface area contributed by atoms with Crippen molar-refractivity contribution >= 4 is 11.5 Å². The number of rotatable bonds is 1. The summed E-state index contributed by atoms with van der Waals surface area (Å²) >= 11 is 0. The van der Waals surface area contributed by atoms with Gasteiger partial charge in [-0.05, 0) is 4.96 Å². The molecule has 0 saturated carbocycles. The second kappa shape index (κ2) is 1.88. The third-order valence-electron chi connectivity index (χ3n) is 1.41. The summed E-state index contributed by atoms with van der Waals surface area (Å²) in [6, 6.07) is 0. The average molecular weight is 153 g/mol. The fraction of sp³-hybridized carbons (Fsp3) is 0.200. The number of anilines is 1. The Kier molecular flexibility index (Phi) is 1.03. The third-order valence-corrected chi connectivity index (χ3v) is 1.41. The van der Waals surface area contributed by atoms with Crippen LogP contribution in [0.1, 0.15) is 0 Å². The van der Waals surface area contributed by atoms with E-state index in [2.05, 4.69) is 10.1 Å². The van der Waals surface area contributed by atoms with E-state index in [4.69, 9.17) is 10.6 Å². The SMILES string of the molecule is COn1ncc2cnc(N)n21. The standard InChI is InChI=1S/C5H7N5O/c1-11-10-8-3-4-2-7-5(6)9(4)10/h2-3H,1H3,(H2,6,7). The van der Waals surface area contributed by atoms with Crippen LogP contribution in [0.2, 0.25) is 0 Å². The highest BCUT2D eigenvalue weighted by molar-refractivity contribution is 5.46. The molecule has 2 heterocycles. The van der Waals surface area contributed by atoms with Gasteiger partial charge in [-0.25, -0.2) is 4.98 Å². The topological polar surface area (TPSA) is 70.4 Å².